The first-order valence-electron chi connectivity index (χ1n) is 10.1. The van der Waals surface area contributed by atoms with Gasteiger partial charge in [-0.2, -0.15) is 8.78 Å². The molecule has 1 aromatic heterocycles. The van der Waals surface area contributed by atoms with Crippen molar-refractivity contribution in [3.05, 3.63) is 64.5 Å². The second-order valence-electron chi connectivity index (χ2n) is 7.29. The lowest BCUT2D eigenvalue weighted by molar-refractivity contribution is -0.116. The molecule has 7 nitrogen and oxygen atoms in total. The van der Waals surface area contributed by atoms with Crippen molar-refractivity contribution in [2.24, 2.45) is 0 Å². The van der Waals surface area contributed by atoms with E-state index in [9.17, 15) is 23.2 Å². The molecule has 0 fully saturated rings. The van der Waals surface area contributed by atoms with Crippen LogP contribution in [-0.2, 0) is 4.79 Å². The molecule has 3 amide bonds. The van der Waals surface area contributed by atoms with Gasteiger partial charge in [-0.1, -0.05) is 12.1 Å². The summed E-state index contributed by atoms with van der Waals surface area (Å²) >= 11 is 1.29. The fraction of sp³-hybridized carbons (Fsp3) is 0.217. The predicted molar refractivity (Wildman–Crippen MR) is 119 cm³/mol. The smallest absolute Gasteiger partial charge is 0.387 e. The summed E-state index contributed by atoms with van der Waals surface area (Å²) in [7, 11) is 0. The lowest BCUT2D eigenvalue weighted by atomic mass is 10.1. The Hall–Kier alpha value is -3.66. The number of hydrogen-bond donors (Lipinski definition) is 1. The van der Waals surface area contributed by atoms with Crippen molar-refractivity contribution in [3.63, 3.8) is 0 Å². The van der Waals surface area contributed by atoms with E-state index in [0.29, 0.717) is 33.9 Å². The third kappa shape index (κ3) is 4.90. The Bertz CT molecular complexity index is 1180. The third-order valence-electron chi connectivity index (χ3n) is 5.06. The average Bonchev–Trinajstić information content (AvgIpc) is 3.26. The third-order valence-corrected chi connectivity index (χ3v) is 5.95. The Morgan fingerprint density at radius 3 is 2.33 bits per heavy atom. The Morgan fingerprint density at radius 1 is 1.09 bits per heavy atom. The number of nitrogens with zero attached hydrogens (tertiary/aromatic N) is 2. The minimum Gasteiger partial charge on any atom is -0.435 e. The van der Waals surface area contributed by atoms with Crippen LogP contribution in [0.4, 0.5) is 13.9 Å². The molecule has 0 saturated heterocycles. The van der Waals surface area contributed by atoms with E-state index in [-0.39, 0.29) is 36.4 Å². The van der Waals surface area contributed by atoms with Crippen molar-refractivity contribution in [2.75, 3.05) is 11.9 Å². The van der Waals surface area contributed by atoms with Crippen LogP contribution >= 0.6 is 11.3 Å². The number of amides is 3. The van der Waals surface area contributed by atoms with Gasteiger partial charge in [0.05, 0.1) is 16.8 Å². The lowest BCUT2D eigenvalue weighted by Gasteiger charge is -2.13. The summed E-state index contributed by atoms with van der Waals surface area (Å²) in [5, 5.41) is 3.14. The fourth-order valence-electron chi connectivity index (χ4n) is 3.53. The molecule has 1 aliphatic rings. The molecule has 33 heavy (non-hydrogen) atoms. The highest BCUT2D eigenvalue weighted by Crippen LogP contribution is 2.31. The molecule has 0 bridgehead atoms. The largest absolute Gasteiger partial charge is 0.435 e. The number of nitrogens with one attached hydrogen (secondary N) is 1. The van der Waals surface area contributed by atoms with Gasteiger partial charge in [-0.3, -0.25) is 19.3 Å². The maximum Gasteiger partial charge on any atom is 0.387 e. The van der Waals surface area contributed by atoms with Crippen molar-refractivity contribution in [3.8, 4) is 17.0 Å². The summed E-state index contributed by atoms with van der Waals surface area (Å²) in [4.78, 5) is 43.5. The zero-order chi connectivity index (χ0) is 23.5. The highest BCUT2D eigenvalue weighted by molar-refractivity contribution is 7.16. The Balaban J connectivity index is 1.32. The van der Waals surface area contributed by atoms with E-state index in [1.165, 1.54) is 23.5 Å². The van der Waals surface area contributed by atoms with Crippen molar-refractivity contribution < 1.29 is 27.9 Å². The number of imide groups is 1. The molecular weight excluding hydrogens is 452 g/mol. The van der Waals surface area contributed by atoms with Crippen LogP contribution < -0.4 is 10.1 Å². The van der Waals surface area contributed by atoms with Gasteiger partial charge in [-0.05, 0) is 49.7 Å². The maximum absolute atomic E-state index is 12.4. The van der Waals surface area contributed by atoms with E-state index in [2.05, 4.69) is 15.0 Å². The average molecular weight is 471 g/mol. The van der Waals surface area contributed by atoms with Crippen molar-refractivity contribution >= 4 is 34.2 Å². The van der Waals surface area contributed by atoms with Gasteiger partial charge in [0.1, 0.15) is 5.75 Å². The van der Waals surface area contributed by atoms with Crippen molar-refractivity contribution in [1.82, 2.24) is 9.88 Å². The summed E-state index contributed by atoms with van der Waals surface area (Å²) in [5.41, 5.74) is 2.10. The number of carbonyl (C=O) groups is 3. The minimum atomic E-state index is -2.89. The van der Waals surface area contributed by atoms with E-state index < -0.39 is 6.61 Å². The molecular formula is C23H19F2N3O4S. The van der Waals surface area contributed by atoms with E-state index in [4.69, 9.17) is 0 Å². The van der Waals surface area contributed by atoms with Gasteiger partial charge in [0.2, 0.25) is 5.91 Å². The van der Waals surface area contributed by atoms with E-state index in [1.807, 2.05) is 6.92 Å². The number of hydrogen-bond acceptors (Lipinski definition) is 6. The molecule has 2 heterocycles. The monoisotopic (exact) mass is 471 g/mol. The molecule has 0 unspecified atom stereocenters. The van der Waals surface area contributed by atoms with E-state index in [0.717, 1.165) is 9.78 Å². The number of anilines is 1. The van der Waals surface area contributed by atoms with Crippen LogP contribution in [-0.4, -0.2) is 40.8 Å². The number of carbonyl (C=O) groups excluding carboxylic acids is 3. The van der Waals surface area contributed by atoms with Gasteiger partial charge in [-0.25, -0.2) is 4.98 Å². The maximum atomic E-state index is 12.4. The molecule has 0 saturated carbocycles. The molecule has 0 atom stereocenters. The van der Waals surface area contributed by atoms with Gasteiger partial charge in [-0.15, -0.1) is 11.3 Å². The first kappa shape index (κ1) is 22.5. The Labute approximate surface area is 192 Å². The van der Waals surface area contributed by atoms with Crippen LogP contribution in [0.5, 0.6) is 5.75 Å². The SMILES string of the molecule is Cc1sc(NC(=O)CCCN2C(=O)c3ccccc3C2=O)nc1-c1ccc(OC(F)F)cc1. The number of aryl methyl sites for hydroxylation is 1. The van der Waals surface area contributed by atoms with Crippen LogP contribution in [0.25, 0.3) is 11.3 Å². The second-order valence-corrected chi connectivity index (χ2v) is 8.49. The molecule has 170 valence electrons. The van der Waals surface area contributed by atoms with Gasteiger partial charge in [0.15, 0.2) is 5.13 Å². The first-order chi connectivity index (χ1) is 15.8. The summed E-state index contributed by atoms with van der Waals surface area (Å²) in [6, 6.07) is 12.7. The van der Waals surface area contributed by atoms with Crippen LogP contribution in [0.1, 0.15) is 38.4 Å². The molecule has 0 aliphatic carbocycles. The number of aromatic nitrogens is 1. The molecule has 0 radical (unpaired) electrons. The van der Waals surface area contributed by atoms with Crippen LogP contribution in [0.3, 0.4) is 0 Å². The summed E-state index contributed by atoms with van der Waals surface area (Å²) in [6.45, 7) is -0.903. The van der Waals surface area contributed by atoms with Crippen molar-refractivity contribution in [1.29, 1.82) is 0 Å². The van der Waals surface area contributed by atoms with Crippen LogP contribution in [0.15, 0.2) is 48.5 Å². The second kappa shape index (κ2) is 9.45. The summed E-state index contributed by atoms with van der Waals surface area (Å²) in [6.07, 6.45) is 0.432. The normalized spacial score (nSPS) is 12.9. The zero-order valence-electron chi connectivity index (χ0n) is 17.5. The first-order valence-corrected chi connectivity index (χ1v) is 10.9. The van der Waals surface area contributed by atoms with Crippen LogP contribution in [0.2, 0.25) is 0 Å². The summed E-state index contributed by atoms with van der Waals surface area (Å²) in [5.74, 6) is -0.928. The van der Waals surface area contributed by atoms with E-state index in [1.54, 1.807) is 36.4 Å². The number of ether oxygens (including phenoxy) is 1. The fourth-order valence-corrected chi connectivity index (χ4v) is 4.39. The standard InChI is InChI=1S/C23H19F2N3O4S/c1-13-19(14-8-10-15(11-9-14)32-22(24)25)27-23(33-13)26-18(29)7-4-12-28-20(30)16-5-2-3-6-17(16)21(28)31/h2-3,5-6,8-11,22H,4,7,12H2,1H3,(H,26,27,29). The number of alkyl halides is 2. The quantitative estimate of drug-likeness (QED) is 0.480. The highest BCUT2D eigenvalue weighted by Gasteiger charge is 2.34. The number of thiazole rings is 1. The topological polar surface area (TPSA) is 88.6 Å². The molecule has 1 aliphatic heterocycles. The molecule has 2 aromatic carbocycles. The predicted octanol–water partition coefficient (Wildman–Crippen LogP) is 4.73. The van der Waals surface area contributed by atoms with Crippen LogP contribution in [0, 0.1) is 6.92 Å². The summed E-state index contributed by atoms with van der Waals surface area (Å²) < 4.78 is 28.9. The number of rotatable bonds is 8. The number of fused-ring (bicyclic) bond motifs is 1. The molecule has 1 N–H and O–H groups in total. The van der Waals surface area contributed by atoms with E-state index >= 15 is 0 Å². The lowest BCUT2D eigenvalue weighted by Crippen LogP contribution is -2.31. The number of halogens is 2. The Kier molecular flexibility index (Phi) is 6.45. The Morgan fingerprint density at radius 2 is 1.73 bits per heavy atom. The molecule has 0 spiro atoms. The molecule has 3 aromatic rings. The molecule has 4 rings (SSSR count). The van der Waals surface area contributed by atoms with Gasteiger partial charge in [0.25, 0.3) is 11.8 Å². The highest BCUT2D eigenvalue weighted by atomic mass is 32.1. The molecule has 10 heteroatoms. The van der Waals surface area contributed by atoms with Gasteiger partial charge >= 0.3 is 6.61 Å². The van der Waals surface area contributed by atoms with Gasteiger partial charge in [0, 0.05) is 23.4 Å². The minimum absolute atomic E-state index is 0.0493. The zero-order valence-corrected chi connectivity index (χ0v) is 18.3. The van der Waals surface area contributed by atoms with Gasteiger partial charge < -0.3 is 10.1 Å². The number of benzene rings is 2. The van der Waals surface area contributed by atoms with Crippen molar-refractivity contribution in [2.45, 2.75) is 26.4 Å².